The number of carbonyl (C=O) groups excluding carboxylic acids is 1. The zero-order valence-corrected chi connectivity index (χ0v) is 23.8. The van der Waals surface area contributed by atoms with Crippen molar-refractivity contribution in [1.29, 1.82) is 0 Å². The lowest BCUT2D eigenvalue weighted by Crippen LogP contribution is -2.08. The summed E-state index contributed by atoms with van der Waals surface area (Å²) in [5, 5.41) is 0.322. The van der Waals surface area contributed by atoms with Gasteiger partial charge in [-0.1, -0.05) is 0 Å². The third kappa shape index (κ3) is 6.28. The number of methoxy groups -OCH3 is 4. The number of imidazole rings is 1. The Kier molecular flexibility index (Phi) is 9.43. The molecule has 0 radical (unpaired) electrons. The number of carbonyl (C=O) groups is 1. The van der Waals surface area contributed by atoms with Crippen LogP contribution in [0.15, 0.2) is 47.8 Å². The average Bonchev–Trinajstić information content (AvgIpc) is 3.42. The van der Waals surface area contributed by atoms with E-state index in [0.717, 1.165) is 5.56 Å². The second kappa shape index (κ2) is 13.2. The molecule has 4 rings (SSSR count). The summed E-state index contributed by atoms with van der Waals surface area (Å²) in [4.78, 5) is 23.8. The number of H-pyrrole nitrogens is 1. The first kappa shape index (κ1) is 28.7. The molecular weight excluding hydrogens is 538 g/mol. The highest BCUT2D eigenvalue weighted by atomic mass is 32.2. The van der Waals surface area contributed by atoms with E-state index in [0.29, 0.717) is 75.8 Å². The van der Waals surface area contributed by atoms with Crippen LogP contribution in [0, 0.1) is 6.92 Å². The van der Waals surface area contributed by atoms with Gasteiger partial charge in [0.1, 0.15) is 28.3 Å². The molecule has 12 heteroatoms. The van der Waals surface area contributed by atoms with Crippen LogP contribution in [0.2, 0.25) is 0 Å². The highest BCUT2D eigenvalue weighted by molar-refractivity contribution is 7.84. The molecule has 2 aromatic heterocycles. The van der Waals surface area contributed by atoms with Crippen molar-refractivity contribution in [2.75, 3.05) is 41.7 Å². The van der Waals surface area contributed by atoms with Gasteiger partial charge in [0.25, 0.3) is 0 Å². The Hall–Kier alpha value is -4.32. The zero-order valence-electron chi connectivity index (χ0n) is 22.9. The molecule has 0 amide bonds. The van der Waals surface area contributed by atoms with Crippen molar-refractivity contribution < 1.29 is 37.4 Å². The molecule has 0 saturated heterocycles. The molecule has 0 aliphatic heterocycles. The SMILES string of the molecule is COC(=O)c1ccc(OCCCOc2ccnc(CS(=O)c3nc4c(OC)c(OC)ccc4[nH]3)c2C)cc1OC. The van der Waals surface area contributed by atoms with Crippen molar-refractivity contribution in [2.24, 2.45) is 0 Å². The highest BCUT2D eigenvalue weighted by Gasteiger charge is 2.19. The van der Waals surface area contributed by atoms with E-state index in [1.165, 1.54) is 21.3 Å². The van der Waals surface area contributed by atoms with Crippen LogP contribution in [0.1, 0.15) is 28.0 Å². The van der Waals surface area contributed by atoms with Gasteiger partial charge in [-0.05, 0) is 37.3 Å². The number of fused-ring (bicyclic) bond motifs is 1. The second-order valence-corrected chi connectivity index (χ2v) is 9.88. The van der Waals surface area contributed by atoms with Gasteiger partial charge < -0.3 is 33.4 Å². The first-order valence-corrected chi connectivity index (χ1v) is 13.7. The van der Waals surface area contributed by atoms with E-state index in [2.05, 4.69) is 15.0 Å². The van der Waals surface area contributed by atoms with Gasteiger partial charge in [0.2, 0.25) is 0 Å². The number of aromatic amines is 1. The number of nitrogens with one attached hydrogen (secondary N) is 1. The zero-order chi connectivity index (χ0) is 28.6. The fraction of sp³-hybridized carbons (Fsp3) is 0.321. The number of nitrogens with zero attached hydrogens (tertiary/aromatic N) is 2. The largest absolute Gasteiger partial charge is 0.496 e. The number of hydrogen-bond donors (Lipinski definition) is 1. The summed E-state index contributed by atoms with van der Waals surface area (Å²) in [7, 11) is 4.40. The lowest BCUT2D eigenvalue weighted by molar-refractivity contribution is 0.0597. The van der Waals surface area contributed by atoms with Crippen LogP contribution >= 0.6 is 0 Å². The summed E-state index contributed by atoms with van der Waals surface area (Å²) in [5.74, 6) is 2.30. The maximum Gasteiger partial charge on any atom is 0.341 e. The first-order valence-electron chi connectivity index (χ1n) is 12.4. The summed E-state index contributed by atoms with van der Waals surface area (Å²) in [6, 6.07) is 10.3. The molecular formula is C28H31N3O8S. The highest BCUT2D eigenvalue weighted by Crippen LogP contribution is 2.34. The van der Waals surface area contributed by atoms with Gasteiger partial charge in [0.05, 0.1) is 69.4 Å². The van der Waals surface area contributed by atoms with Crippen molar-refractivity contribution in [3.8, 4) is 28.7 Å². The van der Waals surface area contributed by atoms with E-state index in [4.69, 9.17) is 28.4 Å². The molecule has 1 N–H and O–H groups in total. The van der Waals surface area contributed by atoms with Gasteiger partial charge >= 0.3 is 5.97 Å². The summed E-state index contributed by atoms with van der Waals surface area (Å²) >= 11 is 0. The van der Waals surface area contributed by atoms with Crippen molar-refractivity contribution in [3.63, 3.8) is 0 Å². The number of ether oxygens (including phenoxy) is 6. The Morgan fingerprint density at radius 1 is 0.925 bits per heavy atom. The lowest BCUT2D eigenvalue weighted by Gasteiger charge is -2.13. The predicted octanol–water partition coefficient (Wildman–Crippen LogP) is 4.23. The van der Waals surface area contributed by atoms with Gasteiger partial charge in [-0.2, -0.15) is 0 Å². The Labute approximate surface area is 234 Å². The smallest absolute Gasteiger partial charge is 0.341 e. The molecule has 1 unspecified atom stereocenters. The Morgan fingerprint density at radius 3 is 2.42 bits per heavy atom. The fourth-order valence-corrected chi connectivity index (χ4v) is 5.09. The Morgan fingerprint density at radius 2 is 1.70 bits per heavy atom. The molecule has 0 spiro atoms. The minimum Gasteiger partial charge on any atom is -0.496 e. The van der Waals surface area contributed by atoms with Crippen LogP contribution in [-0.2, 0) is 21.3 Å². The summed E-state index contributed by atoms with van der Waals surface area (Å²) in [6.07, 6.45) is 2.24. The molecule has 4 aromatic rings. The van der Waals surface area contributed by atoms with Crippen LogP contribution in [0.25, 0.3) is 11.0 Å². The van der Waals surface area contributed by atoms with Crippen molar-refractivity contribution in [3.05, 3.63) is 59.4 Å². The topological polar surface area (TPSA) is 131 Å². The minimum atomic E-state index is -1.48. The molecule has 0 aliphatic carbocycles. The maximum atomic E-state index is 13.2. The van der Waals surface area contributed by atoms with Gasteiger partial charge in [0, 0.05) is 24.2 Å². The molecule has 0 bridgehead atoms. The number of esters is 1. The van der Waals surface area contributed by atoms with Gasteiger partial charge in [-0.3, -0.25) is 9.19 Å². The molecule has 40 heavy (non-hydrogen) atoms. The summed E-state index contributed by atoms with van der Waals surface area (Å²) in [5.41, 5.74) is 3.02. The van der Waals surface area contributed by atoms with E-state index >= 15 is 0 Å². The Bertz CT molecular complexity index is 1520. The van der Waals surface area contributed by atoms with Crippen LogP contribution in [0.3, 0.4) is 0 Å². The van der Waals surface area contributed by atoms with Gasteiger partial charge in [-0.15, -0.1) is 0 Å². The molecule has 2 aromatic carbocycles. The van der Waals surface area contributed by atoms with Crippen molar-refractivity contribution in [2.45, 2.75) is 24.3 Å². The van der Waals surface area contributed by atoms with Gasteiger partial charge in [0.15, 0.2) is 16.7 Å². The predicted molar refractivity (Wildman–Crippen MR) is 148 cm³/mol. The van der Waals surface area contributed by atoms with Crippen LogP contribution in [0.4, 0.5) is 0 Å². The molecule has 212 valence electrons. The lowest BCUT2D eigenvalue weighted by atomic mass is 10.2. The van der Waals surface area contributed by atoms with Crippen molar-refractivity contribution >= 4 is 27.8 Å². The fourth-order valence-electron chi connectivity index (χ4n) is 4.00. The van der Waals surface area contributed by atoms with Gasteiger partial charge in [-0.25, -0.2) is 9.78 Å². The van der Waals surface area contributed by atoms with E-state index in [9.17, 15) is 9.00 Å². The van der Waals surface area contributed by atoms with Crippen LogP contribution < -0.4 is 23.7 Å². The third-order valence-electron chi connectivity index (χ3n) is 6.11. The van der Waals surface area contributed by atoms with E-state index in [1.807, 2.05) is 6.92 Å². The standard InChI is InChI=1S/C28H31N3O8S/c1-17-21(16-40(33)28-30-20-9-10-23(34-2)26(36-4)25(20)31-28)29-12-11-22(17)39-14-6-13-38-18-7-8-19(27(32)37-5)24(15-18)35-3/h7-12,15H,6,13-14,16H2,1-5H3,(H,30,31). The molecule has 11 nitrogen and oxygen atoms in total. The number of aromatic nitrogens is 3. The summed E-state index contributed by atoms with van der Waals surface area (Å²) in [6.45, 7) is 2.67. The van der Waals surface area contributed by atoms with Crippen molar-refractivity contribution in [1.82, 2.24) is 15.0 Å². The van der Waals surface area contributed by atoms with E-state index in [1.54, 1.807) is 49.7 Å². The van der Waals surface area contributed by atoms with E-state index < -0.39 is 16.8 Å². The quantitative estimate of drug-likeness (QED) is 0.184. The number of hydrogen-bond acceptors (Lipinski definition) is 10. The number of pyridine rings is 1. The molecule has 0 fully saturated rings. The number of rotatable bonds is 13. The number of benzene rings is 2. The maximum absolute atomic E-state index is 13.2. The Balaban J connectivity index is 1.34. The molecule has 1 atom stereocenters. The van der Waals surface area contributed by atoms with Crippen LogP contribution in [-0.4, -0.2) is 66.8 Å². The summed E-state index contributed by atoms with van der Waals surface area (Å²) < 4.78 is 45.7. The average molecular weight is 570 g/mol. The normalized spacial score (nSPS) is 11.6. The molecule has 0 aliphatic rings. The van der Waals surface area contributed by atoms with E-state index in [-0.39, 0.29) is 5.75 Å². The monoisotopic (exact) mass is 569 g/mol. The first-order chi connectivity index (χ1) is 19.4. The molecule has 2 heterocycles. The third-order valence-corrected chi connectivity index (χ3v) is 7.27. The molecule has 0 saturated carbocycles. The van der Waals surface area contributed by atoms with Crippen LogP contribution in [0.5, 0.6) is 28.7 Å². The minimum absolute atomic E-state index is 0.162. The second-order valence-electron chi connectivity index (χ2n) is 8.51.